The van der Waals surface area contributed by atoms with Gasteiger partial charge in [0, 0.05) is 0 Å². The van der Waals surface area contributed by atoms with Crippen molar-refractivity contribution in [3.05, 3.63) is 11.8 Å². The normalized spacial score (nSPS) is 44.3. The van der Waals surface area contributed by atoms with Gasteiger partial charge in [0.15, 0.2) is 0 Å². The van der Waals surface area contributed by atoms with Gasteiger partial charge in [-0.3, -0.25) is 0 Å². The van der Waals surface area contributed by atoms with Gasteiger partial charge in [-0.05, 0) is 41.6 Å². The number of ether oxygens (including phenoxy) is 1. The molecule has 0 N–H and O–H groups in total. The van der Waals surface area contributed by atoms with E-state index in [0.29, 0.717) is 10.8 Å². The molecule has 74 valence electrons. The Morgan fingerprint density at radius 1 is 1.38 bits per heavy atom. The van der Waals surface area contributed by atoms with E-state index in [1.807, 2.05) is 6.26 Å². The molecular weight excluding hydrogens is 160 g/mol. The number of methoxy groups -OCH3 is 1. The van der Waals surface area contributed by atoms with Crippen LogP contribution in [0.2, 0.25) is 0 Å². The molecule has 2 atom stereocenters. The van der Waals surface area contributed by atoms with E-state index >= 15 is 0 Å². The van der Waals surface area contributed by atoms with Crippen LogP contribution in [0.15, 0.2) is 11.8 Å². The van der Waals surface area contributed by atoms with Crippen LogP contribution in [0.5, 0.6) is 0 Å². The number of hydrogen-bond acceptors (Lipinski definition) is 1. The summed E-state index contributed by atoms with van der Waals surface area (Å²) in [6.07, 6.45) is 6.13. The van der Waals surface area contributed by atoms with E-state index in [1.54, 1.807) is 12.7 Å². The fourth-order valence-electron chi connectivity index (χ4n) is 3.51. The Bertz CT molecular complexity index is 245. The molecule has 2 aliphatic carbocycles. The van der Waals surface area contributed by atoms with Gasteiger partial charge in [0.2, 0.25) is 0 Å². The van der Waals surface area contributed by atoms with E-state index < -0.39 is 0 Å². The van der Waals surface area contributed by atoms with Crippen molar-refractivity contribution < 1.29 is 4.74 Å². The lowest BCUT2D eigenvalue weighted by atomic mass is 9.69. The summed E-state index contributed by atoms with van der Waals surface area (Å²) in [5.74, 6) is 0.888. The molecule has 0 aliphatic heterocycles. The fourth-order valence-corrected chi connectivity index (χ4v) is 3.51. The highest BCUT2D eigenvalue weighted by Crippen LogP contribution is 2.65. The quantitative estimate of drug-likeness (QED) is 0.562. The molecule has 2 bridgehead atoms. The van der Waals surface area contributed by atoms with Gasteiger partial charge in [0.25, 0.3) is 0 Å². The molecule has 0 spiro atoms. The molecular formula is C12H20O. The standard InChI is InChI=1S/C12H20O/c1-11(2)9-5-6-12(3,7-9)10(11)8-13-4/h8-9H,5-7H2,1-4H3/b10-8-/t9-,12+/m1/s1. The molecule has 2 aliphatic rings. The number of hydrogen-bond donors (Lipinski definition) is 0. The van der Waals surface area contributed by atoms with Crippen molar-refractivity contribution in [1.82, 2.24) is 0 Å². The van der Waals surface area contributed by atoms with Crippen LogP contribution >= 0.6 is 0 Å². The molecule has 0 aromatic carbocycles. The maximum Gasteiger partial charge on any atom is 0.0827 e. The van der Waals surface area contributed by atoms with E-state index in [1.165, 1.54) is 19.3 Å². The summed E-state index contributed by atoms with van der Waals surface area (Å²) in [5.41, 5.74) is 2.37. The average molecular weight is 180 g/mol. The maximum absolute atomic E-state index is 5.22. The largest absolute Gasteiger partial charge is 0.504 e. The number of rotatable bonds is 1. The third kappa shape index (κ3) is 1.06. The second-order valence-electron chi connectivity index (χ2n) is 5.49. The van der Waals surface area contributed by atoms with Crippen LogP contribution in [0, 0.1) is 16.7 Å². The summed E-state index contributed by atoms with van der Waals surface area (Å²) in [6.45, 7) is 7.13. The van der Waals surface area contributed by atoms with E-state index in [2.05, 4.69) is 20.8 Å². The van der Waals surface area contributed by atoms with E-state index in [-0.39, 0.29) is 0 Å². The second-order valence-corrected chi connectivity index (χ2v) is 5.49. The van der Waals surface area contributed by atoms with Gasteiger partial charge in [-0.2, -0.15) is 0 Å². The maximum atomic E-state index is 5.22. The number of fused-ring (bicyclic) bond motifs is 2. The summed E-state index contributed by atoms with van der Waals surface area (Å²) in [4.78, 5) is 0. The van der Waals surface area contributed by atoms with Crippen molar-refractivity contribution in [2.75, 3.05) is 7.11 Å². The van der Waals surface area contributed by atoms with Crippen molar-refractivity contribution in [1.29, 1.82) is 0 Å². The van der Waals surface area contributed by atoms with Crippen LogP contribution in [-0.4, -0.2) is 7.11 Å². The van der Waals surface area contributed by atoms with Crippen LogP contribution in [0.4, 0.5) is 0 Å². The van der Waals surface area contributed by atoms with Crippen LogP contribution < -0.4 is 0 Å². The predicted octanol–water partition coefficient (Wildman–Crippen LogP) is 3.36. The van der Waals surface area contributed by atoms with Crippen molar-refractivity contribution in [2.45, 2.75) is 40.0 Å². The molecule has 0 heterocycles. The van der Waals surface area contributed by atoms with Gasteiger partial charge in [0.1, 0.15) is 0 Å². The molecule has 13 heavy (non-hydrogen) atoms. The lowest BCUT2D eigenvalue weighted by Gasteiger charge is -2.36. The Balaban J connectivity index is 2.40. The first-order valence-corrected chi connectivity index (χ1v) is 5.24. The summed E-state index contributed by atoms with van der Waals surface area (Å²) < 4.78 is 5.22. The first-order chi connectivity index (χ1) is 6.00. The molecule has 0 aromatic heterocycles. The van der Waals surface area contributed by atoms with Crippen molar-refractivity contribution in [2.24, 2.45) is 16.7 Å². The van der Waals surface area contributed by atoms with Gasteiger partial charge < -0.3 is 4.74 Å². The molecule has 0 aromatic rings. The Hall–Kier alpha value is -0.460. The number of allylic oxidation sites excluding steroid dienone is 1. The Morgan fingerprint density at radius 2 is 2.08 bits per heavy atom. The lowest BCUT2D eigenvalue weighted by Crippen LogP contribution is -2.26. The van der Waals surface area contributed by atoms with Gasteiger partial charge in [0.05, 0.1) is 13.4 Å². The minimum Gasteiger partial charge on any atom is -0.504 e. The van der Waals surface area contributed by atoms with E-state index in [9.17, 15) is 0 Å². The Kier molecular flexibility index (Phi) is 1.77. The summed E-state index contributed by atoms with van der Waals surface area (Å²) in [5, 5.41) is 0. The van der Waals surface area contributed by atoms with Crippen molar-refractivity contribution >= 4 is 0 Å². The summed E-state index contributed by atoms with van der Waals surface area (Å²) in [6, 6.07) is 0. The molecule has 2 saturated carbocycles. The SMILES string of the molecule is CO/C=C1/C(C)(C)[C@@H]2CC[C@@]1(C)C2. The topological polar surface area (TPSA) is 9.23 Å². The molecule has 1 nitrogen and oxygen atoms in total. The third-order valence-electron chi connectivity index (χ3n) is 4.34. The minimum absolute atomic E-state index is 0.378. The lowest BCUT2D eigenvalue weighted by molar-refractivity contribution is 0.246. The molecule has 0 radical (unpaired) electrons. The highest BCUT2D eigenvalue weighted by molar-refractivity contribution is 5.29. The average Bonchev–Trinajstić information content (AvgIpc) is 2.50. The smallest absolute Gasteiger partial charge is 0.0827 e. The molecule has 1 heteroatoms. The van der Waals surface area contributed by atoms with Crippen molar-refractivity contribution in [3.63, 3.8) is 0 Å². The monoisotopic (exact) mass is 180 g/mol. The summed E-state index contributed by atoms with van der Waals surface area (Å²) in [7, 11) is 1.76. The fraction of sp³-hybridized carbons (Fsp3) is 0.833. The zero-order chi connectivity index (χ0) is 9.69. The summed E-state index contributed by atoms with van der Waals surface area (Å²) >= 11 is 0. The molecule has 2 fully saturated rings. The van der Waals surface area contributed by atoms with Crippen LogP contribution in [0.3, 0.4) is 0 Å². The highest BCUT2D eigenvalue weighted by atomic mass is 16.5. The van der Waals surface area contributed by atoms with Gasteiger partial charge in [-0.25, -0.2) is 0 Å². The minimum atomic E-state index is 0.378. The highest BCUT2D eigenvalue weighted by Gasteiger charge is 2.55. The first kappa shape index (κ1) is 9.11. The van der Waals surface area contributed by atoms with Gasteiger partial charge in [-0.15, -0.1) is 0 Å². The third-order valence-corrected chi connectivity index (χ3v) is 4.34. The van der Waals surface area contributed by atoms with Gasteiger partial charge in [-0.1, -0.05) is 20.8 Å². The van der Waals surface area contributed by atoms with Crippen LogP contribution in [0.25, 0.3) is 0 Å². The van der Waals surface area contributed by atoms with Crippen LogP contribution in [-0.2, 0) is 4.74 Å². The molecule has 2 rings (SSSR count). The predicted molar refractivity (Wildman–Crippen MR) is 54.3 cm³/mol. The Morgan fingerprint density at radius 3 is 2.54 bits per heavy atom. The van der Waals surface area contributed by atoms with Crippen molar-refractivity contribution in [3.8, 4) is 0 Å². The first-order valence-electron chi connectivity index (χ1n) is 5.24. The van der Waals surface area contributed by atoms with E-state index in [4.69, 9.17) is 4.74 Å². The zero-order valence-corrected chi connectivity index (χ0v) is 9.18. The second kappa shape index (κ2) is 2.52. The zero-order valence-electron chi connectivity index (χ0n) is 9.18. The Labute approximate surface area is 81.2 Å². The molecule has 0 saturated heterocycles. The molecule has 0 amide bonds. The van der Waals surface area contributed by atoms with Crippen LogP contribution in [0.1, 0.15) is 40.0 Å². The molecule has 0 unspecified atom stereocenters. The van der Waals surface area contributed by atoms with E-state index in [0.717, 1.165) is 5.92 Å². The van der Waals surface area contributed by atoms with Gasteiger partial charge >= 0.3 is 0 Å².